The number of carbonyl (C=O) groups excluding carboxylic acids is 1. The van der Waals surface area contributed by atoms with Crippen LogP contribution in [-0.4, -0.2) is 43.2 Å². The molecule has 0 aromatic heterocycles. The van der Waals surface area contributed by atoms with E-state index in [1.165, 1.54) is 0 Å². The Hall–Kier alpha value is -0.610. The fourth-order valence-corrected chi connectivity index (χ4v) is 2.13. The van der Waals surface area contributed by atoms with Crippen LogP contribution in [0.4, 0.5) is 0 Å². The molecule has 4 nitrogen and oxygen atoms in total. The van der Waals surface area contributed by atoms with Crippen LogP contribution in [0.5, 0.6) is 0 Å². The van der Waals surface area contributed by atoms with E-state index in [1.807, 2.05) is 6.41 Å². The molecular weight excluding hydrogens is 154 g/mol. The van der Waals surface area contributed by atoms with Gasteiger partial charge in [-0.1, -0.05) is 0 Å². The summed E-state index contributed by atoms with van der Waals surface area (Å²) in [5.74, 6) is 0. The summed E-state index contributed by atoms with van der Waals surface area (Å²) in [5.41, 5.74) is 0.0764. The van der Waals surface area contributed by atoms with E-state index in [4.69, 9.17) is 0 Å². The summed E-state index contributed by atoms with van der Waals surface area (Å²) in [6.45, 7) is 3.63. The van der Waals surface area contributed by atoms with E-state index in [1.54, 1.807) is 4.90 Å². The van der Waals surface area contributed by atoms with Gasteiger partial charge in [-0.15, -0.1) is 0 Å². The summed E-state index contributed by atoms with van der Waals surface area (Å²) >= 11 is 0. The summed E-state index contributed by atoms with van der Waals surface area (Å²) in [5, 5.41) is 6.52. The van der Waals surface area contributed by atoms with E-state index in [9.17, 15) is 4.79 Å². The molecule has 2 saturated heterocycles. The molecule has 2 aliphatic rings. The van der Waals surface area contributed by atoms with Crippen molar-refractivity contribution in [3.05, 3.63) is 0 Å². The Kier molecular flexibility index (Phi) is 2.02. The van der Waals surface area contributed by atoms with Gasteiger partial charge in [-0.05, 0) is 25.9 Å². The van der Waals surface area contributed by atoms with Gasteiger partial charge in [-0.2, -0.15) is 0 Å². The molecule has 1 amide bonds. The van der Waals surface area contributed by atoms with Gasteiger partial charge in [0.25, 0.3) is 0 Å². The monoisotopic (exact) mass is 168 g/mol. The first-order valence-corrected chi connectivity index (χ1v) is 4.44. The minimum atomic E-state index is 0.0764. The number of hydrogen-bond acceptors (Lipinski definition) is 3. The van der Waals surface area contributed by atoms with Gasteiger partial charge < -0.3 is 10.2 Å². The number of nitrogens with zero attached hydrogens (tertiary/aromatic N) is 1. The maximum absolute atomic E-state index is 10.6. The van der Waals surface area contributed by atoms with Crippen LogP contribution in [0.1, 0.15) is 12.8 Å². The lowest BCUT2D eigenvalue weighted by Crippen LogP contribution is -2.52. The zero-order valence-electron chi connectivity index (χ0n) is 7.10. The lowest BCUT2D eigenvalue weighted by molar-refractivity contribution is 0.178. The molecule has 67 valence electrons. The van der Waals surface area contributed by atoms with Gasteiger partial charge in [0.2, 0.25) is 0 Å². The largest absolute Gasteiger partial charge is 0.317 e. The van der Waals surface area contributed by atoms with Gasteiger partial charge >= 0.3 is 6.41 Å². The highest BCUT2D eigenvalue weighted by atomic mass is 16.1. The SMILES string of the molecule is O=[C]N1CNCC12CCNCC2. The highest BCUT2D eigenvalue weighted by Gasteiger charge is 2.41. The van der Waals surface area contributed by atoms with Crippen LogP contribution in [0.25, 0.3) is 0 Å². The van der Waals surface area contributed by atoms with E-state index in [2.05, 4.69) is 10.6 Å². The molecule has 4 heteroatoms. The van der Waals surface area contributed by atoms with Crippen molar-refractivity contribution in [3.63, 3.8) is 0 Å². The Balaban J connectivity index is 2.10. The second-order valence-corrected chi connectivity index (χ2v) is 3.58. The van der Waals surface area contributed by atoms with E-state index in [0.717, 1.165) is 32.5 Å². The van der Waals surface area contributed by atoms with Gasteiger partial charge in [0.15, 0.2) is 0 Å². The average Bonchev–Trinajstić information content (AvgIpc) is 2.49. The lowest BCUT2D eigenvalue weighted by atomic mass is 9.88. The molecule has 0 aromatic carbocycles. The molecule has 12 heavy (non-hydrogen) atoms. The first-order valence-electron chi connectivity index (χ1n) is 4.44. The van der Waals surface area contributed by atoms with Crippen LogP contribution in [0.2, 0.25) is 0 Å². The summed E-state index contributed by atoms with van der Waals surface area (Å²) in [6.07, 6.45) is 4.12. The van der Waals surface area contributed by atoms with Crippen LogP contribution in [-0.2, 0) is 4.79 Å². The lowest BCUT2D eigenvalue weighted by Gasteiger charge is -2.38. The second kappa shape index (κ2) is 3.03. The van der Waals surface area contributed by atoms with Crippen molar-refractivity contribution in [2.45, 2.75) is 18.4 Å². The van der Waals surface area contributed by atoms with Crippen LogP contribution in [0.3, 0.4) is 0 Å². The van der Waals surface area contributed by atoms with Gasteiger partial charge in [0.1, 0.15) is 0 Å². The molecule has 2 rings (SSSR count). The molecule has 0 saturated carbocycles. The number of nitrogens with one attached hydrogen (secondary N) is 2. The van der Waals surface area contributed by atoms with Gasteiger partial charge in [-0.3, -0.25) is 10.1 Å². The van der Waals surface area contributed by atoms with Crippen molar-refractivity contribution in [1.82, 2.24) is 15.5 Å². The van der Waals surface area contributed by atoms with E-state index >= 15 is 0 Å². The quantitative estimate of drug-likeness (QED) is 0.530. The van der Waals surface area contributed by atoms with Gasteiger partial charge in [-0.25, -0.2) is 0 Å². The predicted molar refractivity (Wildman–Crippen MR) is 45.2 cm³/mol. The van der Waals surface area contributed by atoms with Crippen molar-refractivity contribution < 1.29 is 4.79 Å². The third kappa shape index (κ3) is 1.11. The third-order valence-corrected chi connectivity index (χ3v) is 2.94. The fraction of sp³-hybridized carbons (Fsp3) is 0.875. The number of hydrogen-bond donors (Lipinski definition) is 2. The molecule has 0 aliphatic carbocycles. The van der Waals surface area contributed by atoms with Crippen LogP contribution < -0.4 is 10.6 Å². The van der Waals surface area contributed by atoms with Crippen molar-refractivity contribution >= 4 is 6.41 Å². The first-order chi connectivity index (χ1) is 5.87. The molecule has 2 N–H and O–H groups in total. The van der Waals surface area contributed by atoms with Crippen LogP contribution in [0, 0.1) is 0 Å². The smallest absolute Gasteiger partial charge is 0.313 e. The maximum Gasteiger partial charge on any atom is 0.313 e. The zero-order chi connectivity index (χ0) is 8.44. The molecule has 1 spiro atoms. The average molecular weight is 168 g/mol. The van der Waals surface area contributed by atoms with Crippen molar-refractivity contribution in [1.29, 1.82) is 0 Å². The molecule has 0 aromatic rings. The van der Waals surface area contributed by atoms with Crippen molar-refractivity contribution in [3.8, 4) is 0 Å². The highest BCUT2D eigenvalue weighted by molar-refractivity contribution is 5.51. The summed E-state index contributed by atoms with van der Waals surface area (Å²) in [7, 11) is 0. The summed E-state index contributed by atoms with van der Waals surface area (Å²) in [6, 6.07) is 0. The first kappa shape index (κ1) is 8.01. The van der Waals surface area contributed by atoms with Gasteiger partial charge in [0, 0.05) is 6.54 Å². The van der Waals surface area contributed by atoms with Crippen molar-refractivity contribution in [2.24, 2.45) is 0 Å². The van der Waals surface area contributed by atoms with Crippen molar-refractivity contribution in [2.75, 3.05) is 26.3 Å². The Morgan fingerprint density at radius 3 is 2.67 bits per heavy atom. The van der Waals surface area contributed by atoms with Crippen LogP contribution in [0.15, 0.2) is 0 Å². The Bertz CT molecular complexity index is 177. The molecule has 0 atom stereocenters. The number of amides is 1. The second-order valence-electron chi connectivity index (χ2n) is 3.58. The van der Waals surface area contributed by atoms with E-state index < -0.39 is 0 Å². The normalized spacial score (nSPS) is 27.8. The Morgan fingerprint density at radius 1 is 1.25 bits per heavy atom. The molecule has 0 bridgehead atoms. The Labute approximate surface area is 72.3 Å². The zero-order valence-corrected chi connectivity index (χ0v) is 7.10. The highest BCUT2D eigenvalue weighted by Crippen LogP contribution is 2.26. The maximum atomic E-state index is 10.6. The third-order valence-electron chi connectivity index (χ3n) is 2.94. The van der Waals surface area contributed by atoms with E-state index in [-0.39, 0.29) is 5.54 Å². The standard InChI is InChI=1S/C8H14N3O/c12-7-11-6-10-5-8(11)1-3-9-4-2-8/h9-10H,1-6H2. The topological polar surface area (TPSA) is 44.4 Å². The number of piperidine rings is 1. The van der Waals surface area contributed by atoms with Gasteiger partial charge in [0.05, 0.1) is 12.2 Å². The van der Waals surface area contributed by atoms with E-state index in [0.29, 0.717) is 6.67 Å². The minimum absolute atomic E-state index is 0.0764. The molecule has 0 unspecified atom stereocenters. The summed E-state index contributed by atoms with van der Waals surface area (Å²) in [4.78, 5) is 12.4. The Morgan fingerprint density at radius 2 is 2.00 bits per heavy atom. The molecule has 2 fully saturated rings. The molecular formula is C8H14N3O. The molecule has 2 heterocycles. The molecule has 2 aliphatic heterocycles. The fourth-order valence-electron chi connectivity index (χ4n) is 2.13. The number of rotatable bonds is 1. The minimum Gasteiger partial charge on any atom is -0.317 e. The predicted octanol–water partition coefficient (Wildman–Crippen LogP) is -0.961. The summed E-state index contributed by atoms with van der Waals surface area (Å²) < 4.78 is 0. The van der Waals surface area contributed by atoms with Crippen LogP contribution >= 0.6 is 0 Å². The molecule has 1 radical (unpaired) electrons.